The minimum Gasteiger partial charge on any atom is -0.468 e. The van der Waals surface area contributed by atoms with Crippen molar-refractivity contribution in [3.05, 3.63) is 53.7 Å². The van der Waals surface area contributed by atoms with Gasteiger partial charge in [0, 0.05) is 37.0 Å². The molecule has 0 saturated heterocycles. The first-order valence-electron chi connectivity index (χ1n) is 6.13. The summed E-state index contributed by atoms with van der Waals surface area (Å²) in [6.07, 6.45) is 4.48. The van der Waals surface area contributed by atoms with E-state index in [2.05, 4.69) is 23.0 Å². The molecule has 0 aromatic carbocycles. The molecule has 2 N–H and O–H groups in total. The van der Waals surface area contributed by atoms with Crippen LogP contribution in [0.5, 0.6) is 0 Å². The van der Waals surface area contributed by atoms with Gasteiger partial charge in [0.25, 0.3) is 0 Å². The van der Waals surface area contributed by atoms with Gasteiger partial charge < -0.3 is 15.1 Å². The molecule has 0 spiro atoms. The highest BCUT2D eigenvalue weighted by molar-refractivity contribution is 5.16. The van der Waals surface area contributed by atoms with Crippen LogP contribution in [0.1, 0.15) is 17.0 Å². The van der Waals surface area contributed by atoms with E-state index < -0.39 is 0 Å². The summed E-state index contributed by atoms with van der Waals surface area (Å²) in [7, 11) is 2.09. The Balaban J connectivity index is 1.84. The molecule has 0 atom stereocenters. The van der Waals surface area contributed by atoms with Gasteiger partial charge in [0.15, 0.2) is 0 Å². The fourth-order valence-corrected chi connectivity index (χ4v) is 1.91. The lowest BCUT2D eigenvalue weighted by molar-refractivity contribution is 0.326. The van der Waals surface area contributed by atoms with Crippen LogP contribution in [-0.2, 0) is 19.5 Å². The van der Waals surface area contributed by atoms with E-state index in [1.807, 2.05) is 24.4 Å². The van der Waals surface area contributed by atoms with Gasteiger partial charge in [0.1, 0.15) is 5.76 Å². The van der Waals surface area contributed by atoms with Crippen LogP contribution in [-0.4, -0.2) is 23.5 Å². The molecule has 0 amide bonds. The summed E-state index contributed by atoms with van der Waals surface area (Å²) in [4.78, 5) is 6.56. The monoisotopic (exact) mass is 245 g/mol. The zero-order valence-corrected chi connectivity index (χ0v) is 10.7. The van der Waals surface area contributed by atoms with Crippen molar-refractivity contribution < 1.29 is 4.42 Å². The lowest BCUT2D eigenvalue weighted by Crippen LogP contribution is -2.21. The maximum absolute atomic E-state index is 5.61. The number of likely N-dealkylation sites (N-methyl/N-ethyl adjacent to an activating group) is 1. The molecule has 0 aliphatic carbocycles. The maximum Gasteiger partial charge on any atom is 0.121 e. The molecule has 0 aliphatic heterocycles. The second kappa shape index (κ2) is 6.33. The highest BCUT2D eigenvalue weighted by atomic mass is 16.3. The van der Waals surface area contributed by atoms with Gasteiger partial charge in [-0.3, -0.25) is 4.98 Å². The van der Waals surface area contributed by atoms with E-state index >= 15 is 0 Å². The molecule has 2 rings (SSSR count). The van der Waals surface area contributed by atoms with E-state index in [1.54, 1.807) is 6.26 Å². The van der Waals surface area contributed by atoms with E-state index in [0.29, 0.717) is 6.54 Å². The Bertz CT molecular complexity index is 467. The normalized spacial score (nSPS) is 11.1. The highest BCUT2D eigenvalue weighted by Gasteiger charge is 2.07. The summed E-state index contributed by atoms with van der Waals surface area (Å²) in [5.74, 6) is 0.875. The summed E-state index contributed by atoms with van der Waals surface area (Å²) in [5.41, 5.74) is 7.90. The molecule has 0 saturated carbocycles. The zero-order chi connectivity index (χ0) is 12.8. The Morgan fingerprint density at radius 3 is 2.94 bits per heavy atom. The number of aromatic nitrogens is 1. The van der Waals surface area contributed by atoms with E-state index in [4.69, 9.17) is 10.2 Å². The maximum atomic E-state index is 5.61. The third-order valence-electron chi connectivity index (χ3n) is 2.94. The molecule has 0 fully saturated rings. The fourth-order valence-electron chi connectivity index (χ4n) is 1.91. The SMILES string of the molecule is CN(CCc1ccccn1)Cc1ccoc1CN. The summed E-state index contributed by atoms with van der Waals surface area (Å²) in [6, 6.07) is 7.99. The molecule has 0 bridgehead atoms. The molecule has 18 heavy (non-hydrogen) atoms. The van der Waals surface area contributed by atoms with Crippen LogP contribution in [0.2, 0.25) is 0 Å². The average Bonchev–Trinajstić information content (AvgIpc) is 2.85. The first kappa shape index (κ1) is 12.8. The Morgan fingerprint density at radius 2 is 2.22 bits per heavy atom. The Morgan fingerprint density at radius 1 is 1.33 bits per heavy atom. The van der Waals surface area contributed by atoms with Gasteiger partial charge in [-0.2, -0.15) is 0 Å². The van der Waals surface area contributed by atoms with Crippen LogP contribution in [0.3, 0.4) is 0 Å². The summed E-state index contributed by atoms with van der Waals surface area (Å²) in [5, 5.41) is 0. The van der Waals surface area contributed by atoms with Gasteiger partial charge in [0.2, 0.25) is 0 Å². The molecule has 0 aliphatic rings. The minimum absolute atomic E-state index is 0.455. The molecule has 96 valence electrons. The van der Waals surface area contributed by atoms with Crippen molar-refractivity contribution in [1.29, 1.82) is 0 Å². The first-order chi connectivity index (χ1) is 8.79. The predicted octanol–water partition coefficient (Wildman–Crippen LogP) is 1.81. The molecular weight excluding hydrogens is 226 g/mol. The number of nitrogens with two attached hydrogens (primary N) is 1. The van der Waals surface area contributed by atoms with Gasteiger partial charge in [-0.1, -0.05) is 6.07 Å². The average molecular weight is 245 g/mol. The lowest BCUT2D eigenvalue weighted by Gasteiger charge is -2.15. The van der Waals surface area contributed by atoms with Crippen LogP contribution in [0.25, 0.3) is 0 Å². The number of furan rings is 1. The lowest BCUT2D eigenvalue weighted by atomic mass is 10.2. The standard InChI is InChI=1S/C14H19N3O/c1-17(8-5-13-4-2-3-7-16-13)11-12-6-9-18-14(12)10-15/h2-4,6-7,9H,5,8,10-11,15H2,1H3. The predicted molar refractivity (Wildman–Crippen MR) is 70.9 cm³/mol. The topological polar surface area (TPSA) is 55.3 Å². The van der Waals surface area contributed by atoms with Crippen molar-refractivity contribution in [3.63, 3.8) is 0 Å². The van der Waals surface area contributed by atoms with Gasteiger partial charge in [-0.25, -0.2) is 0 Å². The number of pyridine rings is 1. The second-order valence-corrected chi connectivity index (χ2v) is 4.38. The van der Waals surface area contributed by atoms with Crippen molar-refractivity contribution >= 4 is 0 Å². The number of rotatable bonds is 6. The van der Waals surface area contributed by atoms with E-state index in [1.165, 1.54) is 5.56 Å². The molecule has 0 radical (unpaired) electrons. The molecule has 4 nitrogen and oxygen atoms in total. The molecule has 2 aromatic heterocycles. The molecular formula is C14H19N3O. The molecule has 4 heteroatoms. The summed E-state index contributed by atoms with van der Waals surface area (Å²) in [6.45, 7) is 2.28. The number of hydrogen-bond donors (Lipinski definition) is 1. The Labute approximate surface area is 107 Å². The summed E-state index contributed by atoms with van der Waals surface area (Å²) < 4.78 is 5.31. The van der Waals surface area contributed by atoms with Crippen molar-refractivity contribution in [1.82, 2.24) is 9.88 Å². The Hall–Kier alpha value is -1.65. The largest absolute Gasteiger partial charge is 0.468 e. The second-order valence-electron chi connectivity index (χ2n) is 4.38. The van der Waals surface area contributed by atoms with Crippen molar-refractivity contribution in [2.75, 3.05) is 13.6 Å². The van der Waals surface area contributed by atoms with Gasteiger partial charge in [-0.05, 0) is 25.2 Å². The van der Waals surface area contributed by atoms with Crippen molar-refractivity contribution in [2.24, 2.45) is 5.73 Å². The van der Waals surface area contributed by atoms with E-state index in [-0.39, 0.29) is 0 Å². The van der Waals surface area contributed by atoms with Gasteiger partial charge in [0.05, 0.1) is 12.8 Å². The van der Waals surface area contributed by atoms with Crippen LogP contribution in [0.15, 0.2) is 41.1 Å². The van der Waals surface area contributed by atoms with E-state index in [9.17, 15) is 0 Å². The third-order valence-corrected chi connectivity index (χ3v) is 2.94. The smallest absolute Gasteiger partial charge is 0.121 e. The van der Waals surface area contributed by atoms with Gasteiger partial charge >= 0.3 is 0 Å². The minimum atomic E-state index is 0.455. The fraction of sp³-hybridized carbons (Fsp3) is 0.357. The van der Waals surface area contributed by atoms with Crippen molar-refractivity contribution in [3.8, 4) is 0 Å². The zero-order valence-electron chi connectivity index (χ0n) is 10.7. The third kappa shape index (κ3) is 3.42. The van der Waals surface area contributed by atoms with Crippen LogP contribution < -0.4 is 5.73 Å². The van der Waals surface area contributed by atoms with Crippen LogP contribution in [0, 0.1) is 0 Å². The van der Waals surface area contributed by atoms with Crippen LogP contribution >= 0.6 is 0 Å². The Kier molecular flexibility index (Phi) is 4.50. The van der Waals surface area contributed by atoms with Crippen LogP contribution in [0.4, 0.5) is 0 Å². The van der Waals surface area contributed by atoms with E-state index in [0.717, 1.165) is 31.0 Å². The first-order valence-corrected chi connectivity index (χ1v) is 6.13. The molecule has 0 unspecified atom stereocenters. The highest BCUT2D eigenvalue weighted by Crippen LogP contribution is 2.12. The molecule has 2 aromatic rings. The number of nitrogens with zero attached hydrogens (tertiary/aromatic N) is 2. The van der Waals surface area contributed by atoms with Crippen molar-refractivity contribution in [2.45, 2.75) is 19.5 Å². The summed E-state index contributed by atoms with van der Waals surface area (Å²) >= 11 is 0. The molecule has 2 heterocycles. The number of hydrogen-bond acceptors (Lipinski definition) is 4. The van der Waals surface area contributed by atoms with Gasteiger partial charge in [-0.15, -0.1) is 0 Å². The quantitative estimate of drug-likeness (QED) is 0.843.